The van der Waals surface area contributed by atoms with Gasteiger partial charge in [0, 0.05) is 37.0 Å². The lowest BCUT2D eigenvalue weighted by atomic mass is 10.0. The highest BCUT2D eigenvalue weighted by atomic mass is 32.1. The molecule has 1 aliphatic rings. The minimum Gasteiger partial charge on any atom is -0.345 e. The topological polar surface area (TPSA) is 93.0 Å². The zero-order valence-electron chi connectivity index (χ0n) is 18.6. The van der Waals surface area contributed by atoms with Gasteiger partial charge >= 0.3 is 0 Å². The SMILES string of the molecule is O=C(NCc1ccccn1)c1nn(CCc2ccccc2)c2c1CN(C(=O)c1cncs1)CC2. The summed E-state index contributed by atoms with van der Waals surface area (Å²) in [6.45, 7) is 1.91. The van der Waals surface area contributed by atoms with E-state index in [1.165, 1.54) is 16.9 Å². The molecule has 1 N–H and O–H groups in total. The van der Waals surface area contributed by atoms with Crippen molar-refractivity contribution < 1.29 is 9.59 Å². The van der Waals surface area contributed by atoms with Crippen molar-refractivity contribution in [2.45, 2.75) is 32.5 Å². The number of benzene rings is 1. The minimum absolute atomic E-state index is 0.0648. The Bertz CT molecular complexity index is 1270. The maximum absolute atomic E-state index is 13.2. The lowest BCUT2D eigenvalue weighted by Gasteiger charge is -2.27. The Labute approximate surface area is 201 Å². The Kier molecular flexibility index (Phi) is 6.44. The van der Waals surface area contributed by atoms with Gasteiger partial charge in [0.1, 0.15) is 4.88 Å². The molecule has 3 aromatic heterocycles. The highest BCUT2D eigenvalue weighted by Crippen LogP contribution is 2.25. The lowest BCUT2D eigenvalue weighted by Crippen LogP contribution is -2.37. The first-order valence-corrected chi connectivity index (χ1v) is 12.1. The summed E-state index contributed by atoms with van der Waals surface area (Å²) >= 11 is 1.32. The third kappa shape index (κ3) is 4.74. The number of nitrogens with one attached hydrogen (secondary N) is 1. The Morgan fingerprint density at radius 1 is 1.09 bits per heavy atom. The summed E-state index contributed by atoms with van der Waals surface area (Å²) in [4.78, 5) is 36.8. The van der Waals surface area contributed by atoms with E-state index in [2.05, 4.69) is 27.4 Å². The number of aromatic nitrogens is 4. The van der Waals surface area contributed by atoms with Crippen LogP contribution in [-0.4, -0.2) is 43.0 Å². The van der Waals surface area contributed by atoms with Crippen LogP contribution >= 0.6 is 11.3 Å². The zero-order chi connectivity index (χ0) is 23.3. The normalized spacial score (nSPS) is 12.9. The number of hydrogen-bond donors (Lipinski definition) is 1. The number of amides is 2. The summed E-state index contributed by atoms with van der Waals surface area (Å²) in [6.07, 6.45) is 4.75. The molecule has 0 aliphatic carbocycles. The summed E-state index contributed by atoms with van der Waals surface area (Å²) in [5.41, 5.74) is 5.85. The number of nitrogens with zero attached hydrogens (tertiary/aromatic N) is 5. The van der Waals surface area contributed by atoms with E-state index >= 15 is 0 Å². The van der Waals surface area contributed by atoms with Crippen molar-refractivity contribution >= 4 is 23.2 Å². The van der Waals surface area contributed by atoms with Gasteiger partial charge in [0.25, 0.3) is 11.8 Å². The van der Waals surface area contributed by atoms with Gasteiger partial charge in [-0.25, -0.2) is 0 Å². The molecule has 8 nitrogen and oxygen atoms in total. The summed E-state index contributed by atoms with van der Waals surface area (Å²) in [7, 11) is 0. The fourth-order valence-electron chi connectivity index (χ4n) is 4.15. The van der Waals surface area contributed by atoms with Gasteiger partial charge in [-0.15, -0.1) is 11.3 Å². The molecule has 0 atom stereocenters. The third-order valence-corrected chi connectivity index (χ3v) is 6.65. The maximum atomic E-state index is 13.2. The molecule has 1 aliphatic heterocycles. The van der Waals surface area contributed by atoms with Gasteiger partial charge in [0.05, 0.1) is 30.5 Å². The number of aryl methyl sites for hydroxylation is 2. The summed E-state index contributed by atoms with van der Waals surface area (Å²) in [5, 5.41) is 7.65. The summed E-state index contributed by atoms with van der Waals surface area (Å²) in [5.74, 6) is -0.322. The second-order valence-corrected chi connectivity index (χ2v) is 8.97. The average molecular weight is 473 g/mol. The van der Waals surface area contributed by atoms with E-state index in [1.807, 2.05) is 41.1 Å². The van der Waals surface area contributed by atoms with Gasteiger partial charge in [0.2, 0.25) is 0 Å². The van der Waals surface area contributed by atoms with Crippen molar-refractivity contribution in [3.63, 3.8) is 0 Å². The third-order valence-electron chi connectivity index (χ3n) is 5.89. The fraction of sp³-hybridized carbons (Fsp3) is 0.240. The molecule has 0 unspecified atom stereocenters. The molecular weight excluding hydrogens is 448 g/mol. The van der Waals surface area contributed by atoms with Crippen molar-refractivity contribution in [3.8, 4) is 0 Å². The molecule has 2 amide bonds. The summed E-state index contributed by atoms with van der Waals surface area (Å²) < 4.78 is 1.94. The Balaban J connectivity index is 1.39. The fourth-order valence-corrected chi connectivity index (χ4v) is 4.73. The predicted molar refractivity (Wildman–Crippen MR) is 128 cm³/mol. The van der Waals surface area contributed by atoms with Crippen molar-refractivity contribution in [2.24, 2.45) is 0 Å². The Morgan fingerprint density at radius 2 is 1.94 bits per heavy atom. The average Bonchev–Trinajstić information content (AvgIpc) is 3.55. The van der Waals surface area contributed by atoms with Crippen molar-refractivity contribution in [3.05, 3.63) is 99.5 Å². The van der Waals surface area contributed by atoms with Crippen LogP contribution in [0.1, 0.15) is 42.7 Å². The standard InChI is InChI=1S/C25H24N6O2S/c32-24(28-14-19-8-4-5-11-27-19)23-20-16-30(25(33)22-15-26-17-34-22)12-10-21(20)31(29-23)13-9-18-6-2-1-3-7-18/h1-8,11,15,17H,9-10,12-14,16H2,(H,28,32). The van der Waals surface area contributed by atoms with Crippen LogP contribution in [0.25, 0.3) is 0 Å². The number of hydrogen-bond acceptors (Lipinski definition) is 6. The molecule has 1 aromatic carbocycles. The van der Waals surface area contributed by atoms with Gasteiger partial charge in [-0.3, -0.25) is 24.2 Å². The van der Waals surface area contributed by atoms with Gasteiger partial charge < -0.3 is 10.2 Å². The monoisotopic (exact) mass is 472 g/mol. The molecule has 5 rings (SSSR count). The van der Waals surface area contributed by atoms with Gasteiger partial charge in [0.15, 0.2) is 5.69 Å². The molecule has 34 heavy (non-hydrogen) atoms. The van der Waals surface area contributed by atoms with Gasteiger partial charge in [-0.2, -0.15) is 5.10 Å². The number of rotatable bonds is 7. The van der Waals surface area contributed by atoms with Crippen LogP contribution in [-0.2, 0) is 32.5 Å². The van der Waals surface area contributed by atoms with E-state index < -0.39 is 0 Å². The van der Waals surface area contributed by atoms with Gasteiger partial charge in [-0.1, -0.05) is 36.4 Å². The van der Waals surface area contributed by atoms with Crippen LogP contribution < -0.4 is 5.32 Å². The van der Waals surface area contributed by atoms with E-state index in [9.17, 15) is 9.59 Å². The van der Waals surface area contributed by atoms with Crippen LogP contribution in [0.4, 0.5) is 0 Å². The van der Waals surface area contributed by atoms with Crippen LogP contribution in [0.3, 0.4) is 0 Å². The first-order chi connectivity index (χ1) is 16.7. The molecular formula is C25H24N6O2S. The molecule has 0 saturated carbocycles. The molecule has 4 aromatic rings. The molecule has 0 saturated heterocycles. The molecule has 0 spiro atoms. The molecule has 9 heteroatoms. The van der Waals surface area contributed by atoms with Gasteiger partial charge in [-0.05, 0) is 24.1 Å². The largest absolute Gasteiger partial charge is 0.345 e. The molecule has 172 valence electrons. The number of thiazole rings is 1. The Morgan fingerprint density at radius 3 is 2.71 bits per heavy atom. The van der Waals surface area contributed by atoms with E-state index in [4.69, 9.17) is 5.10 Å². The van der Waals surface area contributed by atoms with Crippen LogP contribution in [0.15, 0.2) is 66.4 Å². The highest BCUT2D eigenvalue weighted by Gasteiger charge is 2.30. The van der Waals surface area contributed by atoms with Crippen LogP contribution in [0.5, 0.6) is 0 Å². The number of carbonyl (C=O) groups excluding carboxylic acids is 2. The molecule has 4 heterocycles. The minimum atomic E-state index is -0.257. The molecule has 0 bridgehead atoms. The second-order valence-electron chi connectivity index (χ2n) is 8.08. The van der Waals surface area contributed by atoms with Crippen LogP contribution in [0, 0.1) is 0 Å². The van der Waals surface area contributed by atoms with E-state index in [1.54, 1.807) is 22.8 Å². The lowest BCUT2D eigenvalue weighted by molar-refractivity contribution is 0.0735. The quantitative estimate of drug-likeness (QED) is 0.446. The second kappa shape index (κ2) is 9.96. The van der Waals surface area contributed by atoms with Crippen molar-refractivity contribution in [2.75, 3.05) is 6.54 Å². The first-order valence-electron chi connectivity index (χ1n) is 11.2. The van der Waals surface area contributed by atoms with E-state index in [0.717, 1.165) is 23.4 Å². The van der Waals surface area contributed by atoms with E-state index in [0.29, 0.717) is 43.2 Å². The summed E-state index contributed by atoms with van der Waals surface area (Å²) in [6, 6.07) is 15.8. The smallest absolute Gasteiger partial charge is 0.272 e. The van der Waals surface area contributed by atoms with Crippen molar-refractivity contribution in [1.29, 1.82) is 0 Å². The zero-order valence-corrected chi connectivity index (χ0v) is 19.4. The predicted octanol–water partition coefficient (Wildman–Crippen LogP) is 3.11. The first kappa shape index (κ1) is 22.0. The number of carbonyl (C=O) groups is 2. The molecule has 0 radical (unpaired) electrons. The number of fused-ring (bicyclic) bond motifs is 1. The van der Waals surface area contributed by atoms with Crippen LogP contribution in [0.2, 0.25) is 0 Å². The van der Waals surface area contributed by atoms with Crippen molar-refractivity contribution in [1.82, 2.24) is 30.0 Å². The maximum Gasteiger partial charge on any atom is 0.272 e. The highest BCUT2D eigenvalue weighted by molar-refractivity contribution is 7.11. The number of pyridine rings is 1. The Hall–Kier alpha value is -3.85. The van der Waals surface area contributed by atoms with E-state index in [-0.39, 0.29) is 11.8 Å². The molecule has 0 fully saturated rings.